The molecule has 0 spiro atoms. The lowest BCUT2D eigenvalue weighted by atomic mass is 9.83. The van der Waals surface area contributed by atoms with Crippen molar-refractivity contribution in [2.75, 3.05) is 12.4 Å². The van der Waals surface area contributed by atoms with Gasteiger partial charge in [0.1, 0.15) is 5.82 Å². The van der Waals surface area contributed by atoms with E-state index in [-0.39, 0.29) is 17.7 Å². The highest BCUT2D eigenvalue weighted by Gasteiger charge is 2.32. The van der Waals surface area contributed by atoms with Crippen LogP contribution in [0.3, 0.4) is 0 Å². The number of hydrogen-bond acceptors (Lipinski definition) is 3. The van der Waals surface area contributed by atoms with Crippen LogP contribution in [0.1, 0.15) is 35.3 Å². The van der Waals surface area contributed by atoms with Gasteiger partial charge in [-0.3, -0.25) is 4.79 Å². The third kappa shape index (κ3) is 4.22. The number of anilines is 1. The van der Waals surface area contributed by atoms with Gasteiger partial charge < -0.3 is 15.2 Å². The highest BCUT2D eigenvalue weighted by molar-refractivity contribution is 5.99. The van der Waals surface area contributed by atoms with Crippen molar-refractivity contribution in [3.8, 4) is 0 Å². The molecule has 0 saturated heterocycles. The van der Waals surface area contributed by atoms with Crippen LogP contribution in [0.25, 0.3) is 0 Å². The number of rotatable bonds is 6. The van der Waals surface area contributed by atoms with Crippen LogP contribution < -0.4 is 5.32 Å². The number of aromatic carboxylic acids is 1. The molecule has 25 heavy (non-hydrogen) atoms. The van der Waals surface area contributed by atoms with Gasteiger partial charge in [-0.2, -0.15) is 0 Å². The Balaban J connectivity index is 2.33. The third-order valence-electron chi connectivity index (χ3n) is 3.92. The molecule has 0 radical (unpaired) electrons. The van der Waals surface area contributed by atoms with Crippen LogP contribution >= 0.6 is 0 Å². The Bertz CT molecular complexity index is 802. The molecule has 0 fully saturated rings. The van der Waals surface area contributed by atoms with Gasteiger partial charge in [-0.15, -0.1) is 0 Å². The number of nitrogens with one attached hydrogen (secondary N) is 1. The van der Waals surface area contributed by atoms with E-state index in [0.29, 0.717) is 11.3 Å². The quantitative estimate of drug-likeness (QED) is 0.839. The molecule has 0 bridgehead atoms. The van der Waals surface area contributed by atoms with E-state index in [1.54, 1.807) is 38.1 Å². The Morgan fingerprint density at radius 1 is 1.20 bits per heavy atom. The van der Waals surface area contributed by atoms with Gasteiger partial charge in [0, 0.05) is 18.4 Å². The highest BCUT2D eigenvalue weighted by atomic mass is 19.1. The van der Waals surface area contributed by atoms with Crippen LogP contribution in [0.2, 0.25) is 0 Å². The zero-order chi connectivity index (χ0) is 18.6. The Hall–Kier alpha value is -2.73. The number of carbonyl (C=O) groups is 2. The van der Waals surface area contributed by atoms with Gasteiger partial charge in [-0.05, 0) is 43.7 Å². The molecule has 2 aromatic rings. The molecule has 2 aromatic carbocycles. The minimum atomic E-state index is -1.13. The fourth-order valence-corrected chi connectivity index (χ4v) is 2.52. The second-order valence-corrected chi connectivity index (χ2v) is 6.22. The number of halogens is 1. The monoisotopic (exact) mass is 345 g/mol. The largest absolute Gasteiger partial charge is 0.478 e. The molecule has 132 valence electrons. The summed E-state index contributed by atoms with van der Waals surface area (Å²) in [5.41, 5.74) is 0.0988. The number of carboxylic acids is 1. The number of amides is 1. The van der Waals surface area contributed by atoms with Crippen LogP contribution in [0, 0.1) is 5.82 Å². The zero-order valence-corrected chi connectivity index (χ0v) is 14.3. The Kier molecular flexibility index (Phi) is 5.54. The number of methoxy groups -OCH3 is 1. The van der Waals surface area contributed by atoms with E-state index in [4.69, 9.17) is 4.74 Å². The average Bonchev–Trinajstić information content (AvgIpc) is 2.55. The number of carbonyl (C=O) groups excluding carboxylic acids is 1. The maximum Gasteiger partial charge on any atom is 0.335 e. The maximum absolute atomic E-state index is 14.0. The number of ether oxygens (including phenoxy) is 1. The van der Waals surface area contributed by atoms with E-state index in [1.165, 1.54) is 25.3 Å². The summed E-state index contributed by atoms with van der Waals surface area (Å²) in [6, 6.07) is 10.5. The van der Waals surface area contributed by atoms with Crippen molar-refractivity contribution in [2.45, 2.75) is 25.9 Å². The average molecular weight is 345 g/mol. The maximum atomic E-state index is 14.0. The molecular formula is C19H20FNO4. The summed E-state index contributed by atoms with van der Waals surface area (Å²) in [5, 5.41) is 11.9. The lowest BCUT2D eigenvalue weighted by Gasteiger charge is -2.25. The van der Waals surface area contributed by atoms with Crippen LogP contribution in [0.5, 0.6) is 0 Å². The first-order valence-electron chi connectivity index (χ1n) is 7.68. The molecule has 0 aliphatic rings. The Morgan fingerprint density at radius 2 is 1.88 bits per heavy atom. The van der Waals surface area contributed by atoms with Gasteiger partial charge in [0.05, 0.1) is 17.6 Å². The summed E-state index contributed by atoms with van der Waals surface area (Å²) in [4.78, 5) is 23.9. The fraction of sp³-hybridized carbons (Fsp3) is 0.263. The Morgan fingerprint density at radius 3 is 2.48 bits per heavy atom. The minimum Gasteiger partial charge on any atom is -0.478 e. The van der Waals surface area contributed by atoms with Crippen LogP contribution in [0.15, 0.2) is 42.5 Å². The van der Waals surface area contributed by atoms with Crippen molar-refractivity contribution in [1.82, 2.24) is 0 Å². The first kappa shape index (κ1) is 18.6. The van der Waals surface area contributed by atoms with Crippen molar-refractivity contribution in [1.29, 1.82) is 0 Å². The molecule has 6 heteroatoms. The SMILES string of the molecule is COCc1cc(NC(=O)C(C)(C)c2ccccc2F)cc(C(=O)O)c1. The van der Waals surface area contributed by atoms with Crippen LogP contribution in [-0.4, -0.2) is 24.1 Å². The van der Waals surface area contributed by atoms with Crippen molar-refractivity contribution in [3.63, 3.8) is 0 Å². The van der Waals surface area contributed by atoms with Crippen LogP contribution in [-0.2, 0) is 21.6 Å². The summed E-state index contributed by atoms with van der Waals surface area (Å²) >= 11 is 0. The summed E-state index contributed by atoms with van der Waals surface area (Å²) in [6.07, 6.45) is 0. The number of carboxylic acid groups (broad SMARTS) is 1. The second-order valence-electron chi connectivity index (χ2n) is 6.22. The van der Waals surface area contributed by atoms with E-state index < -0.39 is 23.1 Å². The lowest BCUT2D eigenvalue weighted by Crippen LogP contribution is -2.35. The van der Waals surface area contributed by atoms with Crippen LogP contribution in [0.4, 0.5) is 10.1 Å². The highest BCUT2D eigenvalue weighted by Crippen LogP contribution is 2.28. The second kappa shape index (κ2) is 7.44. The molecule has 5 nitrogen and oxygen atoms in total. The molecule has 0 aliphatic heterocycles. The molecule has 0 aromatic heterocycles. The van der Waals surface area contributed by atoms with Gasteiger partial charge in [0.15, 0.2) is 0 Å². The van der Waals surface area contributed by atoms with Gasteiger partial charge in [-0.1, -0.05) is 18.2 Å². The molecule has 0 heterocycles. The molecule has 0 atom stereocenters. The fourth-order valence-electron chi connectivity index (χ4n) is 2.52. The predicted molar refractivity (Wildman–Crippen MR) is 92.2 cm³/mol. The van der Waals surface area contributed by atoms with Gasteiger partial charge >= 0.3 is 5.97 Å². The van der Waals surface area contributed by atoms with Gasteiger partial charge in [0.2, 0.25) is 5.91 Å². The van der Waals surface area contributed by atoms with Crippen molar-refractivity contribution < 1.29 is 23.8 Å². The van der Waals surface area contributed by atoms with Crippen molar-refractivity contribution in [2.24, 2.45) is 0 Å². The topological polar surface area (TPSA) is 75.6 Å². The first-order chi connectivity index (χ1) is 11.8. The summed E-state index contributed by atoms with van der Waals surface area (Å²) in [7, 11) is 1.49. The molecular weight excluding hydrogens is 325 g/mol. The van der Waals surface area contributed by atoms with Gasteiger partial charge in [0.25, 0.3) is 0 Å². The van der Waals surface area contributed by atoms with E-state index in [0.717, 1.165) is 0 Å². The molecule has 1 amide bonds. The number of hydrogen-bond donors (Lipinski definition) is 2. The first-order valence-corrected chi connectivity index (χ1v) is 7.68. The molecule has 2 rings (SSSR count). The molecule has 0 aliphatic carbocycles. The Labute approximate surface area is 145 Å². The lowest BCUT2D eigenvalue weighted by molar-refractivity contribution is -0.120. The van der Waals surface area contributed by atoms with E-state index >= 15 is 0 Å². The van der Waals surface area contributed by atoms with Gasteiger partial charge in [-0.25, -0.2) is 9.18 Å². The smallest absolute Gasteiger partial charge is 0.335 e. The molecule has 0 unspecified atom stereocenters. The van der Waals surface area contributed by atoms with E-state index in [1.807, 2.05) is 0 Å². The summed E-state index contributed by atoms with van der Waals surface area (Å²) < 4.78 is 19.1. The summed E-state index contributed by atoms with van der Waals surface area (Å²) in [6.45, 7) is 3.43. The summed E-state index contributed by atoms with van der Waals surface area (Å²) in [5.74, 6) is -2.02. The predicted octanol–water partition coefficient (Wildman–Crippen LogP) is 3.59. The normalized spacial score (nSPS) is 11.2. The minimum absolute atomic E-state index is 0.0357. The molecule has 0 saturated carbocycles. The van der Waals surface area contributed by atoms with Crippen molar-refractivity contribution >= 4 is 17.6 Å². The van der Waals surface area contributed by atoms with Crippen molar-refractivity contribution in [3.05, 3.63) is 65.0 Å². The van der Waals surface area contributed by atoms with E-state index in [2.05, 4.69) is 5.32 Å². The standard InChI is InChI=1S/C19H20FNO4/c1-19(2,15-6-4-5-7-16(15)20)18(24)21-14-9-12(11-25-3)8-13(10-14)17(22)23/h4-10H,11H2,1-3H3,(H,21,24)(H,22,23). The third-order valence-corrected chi connectivity index (χ3v) is 3.92. The van der Waals surface area contributed by atoms with E-state index in [9.17, 15) is 19.1 Å². The zero-order valence-electron chi connectivity index (χ0n) is 14.3. The number of benzene rings is 2. The molecule has 2 N–H and O–H groups in total.